The molecule has 0 saturated heterocycles. The molecule has 0 radical (unpaired) electrons. The van der Waals surface area contributed by atoms with Crippen LogP contribution in [0.15, 0.2) is 10.9 Å². The Hall–Kier alpha value is -0.970. The first kappa shape index (κ1) is 14.4. The molecule has 1 aliphatic rings. The Morgan fingerprint density at radius 2 is 2.16 bits per heavy atom. The molecule has 0 spiro atoms. The Labute approximate surface area is 118 Å². The molecule has 1 aromatic rings. The fraction of sp³-hybridized carbons (Fsp3) is 0.714. The molecule has 1 saturated carbocycles. The molecule has 2 rings (SSSR count). The number of thioether (sulfide) groups is 1. The molecule has 1 aromatic heterocycles. The highest BCUT2D eigenvalue weighted by atomic mass is 32.2. The summed E-state index contributed by atoms with van der Waals surface area (Å²) in [5, 5.41) is 3.37. The molecule has 1 fully saturated rings. The average Bonchev–Trinajstić information content (AvgIpc) is 2.45. The normalized spacial score (nSPS) is 18.2. The van der Waals surface area contributed by atoms with Crippen LogP contribution in [0, 0.1) is 0 Å². The second-order valence-corrected chi connectivity index (χ2v) is 6.51. The van der Waals surface area contributed by atoms with E-state index in [1.807, 2.05) is 18.7 Å². The van der Waals surface area contributed by atoms with Crippen LogP contribution in [0.4, 0.5) is 5.82 Å². The summed E-state index contributed by atoms with van der Waals surface area (Å²) in [7, 11) is 0. The molecule has 19 heavy (non-hydrogen) atoms. The van der Waals surface area contributed by atoms with Gasteiger partial charge in [-0.2, -0.15) is 11.8 Å². The molecule has 0 aromatic carbocycles. The predicted molar refractivity (Wildman–Crippen MR) is 82.1 cm³/mol. The van der Waals surface area contributed by atoms with Gasteiger partial charge in [0.2, 0.25) is 0 Å². The molecule has 1 heterocycles. The highest BCUT2D eigenvalue weighted by Gasteiger charge is 2.30. The third kappa shape index (κ3) is 3.75. The number of aryl methyl sites for hydroxylation is 1. The van der Waals surface area contributed by atoms with E-state index in [1.165, 1.54) is 32.1 Å². The predicted octanol–water partition coefficient (Wildman–Crippen LogP) is 2.81. The maximum atomic E-state index is 11.5. The largest absolute Gasteiger partial charge is 0.368 e. The minimum atomic E-state index is -0.0730. The van der Waals surface area contributed by atoms with E-state index in [2.05, 4.69) is 21.5 Å². The molecule has 4 nitrogen and oxygen atoms in total. The summed E-state index contributed by atoms with van der Waals surface area (Å²) in [6, 6.07) is 1.55. The van der Waals surface area contributed by atoms with Gasteiger partial charge in [0, 0.05) is 23.8 Å². The Balaban J connectivity index is 2.04. The van der Waals surface area contributed by atoms with Crippen LogP contribution in [-0.2, 0) is 6.42 Å². The number of nitrogens with one attached hydrogen (secondary N) is 2. The van der Waals surface area contributed by atoms with Crippen molar-refractivity contribution in [1.29, 1.82) is 0 Å². The lowest BCUT2D eigenvalue weighted by molar-refractivity contribution is 0.411. The van der Waals surface area contributed by atoms with E-state index in [0.29, 0.717) is 10.6 Å². The lowest BCUT2D eigenvalue weighted by atomic mass is 9.88. The second-order valence-electron chi connectivity index (χ2n) is 5.23. The van der Waals surface area contributed by atoms with Crippen LogP contribution in [0.25, 0.3) is 0 Å². The summed E-state index contributed by atoms with van der Waals surface area (Å²) in [6.07, 6.45) is 9.42. The van der Waals surface area contributed by atoms with Gasteiger partial charge in [0.15, 0.2) is 0 Å². The minimum Gasteiger partial charge on any atom is -0.368 e. The maximum absolute atomic E-state index is 11.5. The van der Waals surface area contributed by atoms with Gasteiger partial charge >= 0.3 is 0 Å². The van der Waals surface area contributed by atoms with Gasteiger partial charge in [-0.25, -0.2) is 4.98 Å². The van der Waals surface area contributed by atoms with Crippen molar-refractivity contribution in [1.82, 2.24) is 9.97 Å². The third-order valence-corrected chi connectivity index (χ3v) is 5.33. The number of nitrogens with zero attached hydrogens (tertiary/aromatic N) is 1. The van der Waals surface area contributed by atoms with Crippen LogP contribution in [0.2, 0.25) is 0 Å². The Morgan fingerprint density at radius 3 is 2.79 bits per heavy atom. The Kier molecular flexibility index (Phi) is 4.91. The van der Waals surface area contributed by atoms with E-state index in [0.717, 1.165) is 18.8 Å². The first-order valence-electron chi connectivity index (χ1n) is 7.07. The lowest BCUT2D eigenvalue weighted by Crippen LogP contribution is -2.36. The van der Waals surface area contributed by atoms with Crippen molar-refractivity contribution < 1.29 is 0 Å². The first-order valence-corrected chi connectivity index (χ1v) is 8.29. The molecule has 2 N–H and O–H groups in total. The molecular weight excluding hydrogens is 258 g/mol. The van der Waals surface area contributed by atoms with Crippen molar-refractivity contribution in [2.24, 2.45) is 0 Å². The number of hydrogen-bond donors (Lipinski definition) is 2. The number of anilines is 1. The molecule has 0 atom stereocenters. The van der Waals surface area contributed by atoms with Crippen LogP contribution in [0.1, 0.15) is 44.9 Å². The average molecular weight is 281 g/mol. The summed E-state index contributed by atoms with van der Waals surface area (Å²) < 4.78 is 0.314. The number of aromatic nitrogens is 2. The fourth-order valence-corrected chi connectivity index (χ4v) is 3.58. The first-order chi connectivity index (χ1) is 9.17. The van der Waals surface area contributed by atoms with Gasteiger partial charge in [0.25, 0.3) is 5.56 Å². The van der Waals surface area contributed by atoms with Gasteiger partial charge in [-0.05, 0) is 19.1 Å². The quantitative estimate of drug-likeness (QED) is 0.871. The summed E-state index contributed by atoms with van der Waals surface area (Å²) in [6.45, 7) is 2.89. The van der Waals surface area contributed by atoms with Crippen molar-refractivity contribution in [3.8, 4) is 0 Å². The zero-order valence-electron chi connectivity index (χ0n) is 11.8. The van der Waals surface area contributed by atoms with Crippen LogP contribution < -0.4 is 10.9 Å². The highest BCUT2D eigenvalue weighted by molar-refractivity contribution is 8.00. The van der Waals surface area contributed by atoms with Crippen molar-refractivity contribution in [2.75, 3.05) is 18.1 Å². The minimum absolute atomic E-state index is 0.0730. The van der Waals surface area contributed by atoms with Gasteiger partial charge in [-0.3, -0.25) is 4.79 Å². The Bertz CT molecular complexity index is 466. The second kappa shape index (κ2) is 6.46. The van der Waals surface area contributed by atoms with E-state index >= 15 is 0 Å². The van der Waals surface area contributed by atoms with Crippen molar-refractivity contribution >= 4 is 17.6 Å². The van der Waals surface area contributed by atoms with Crippen LogP contribution in [-0.4, -0.2) is 27.5 Å². The van der Waals surface area contributed by atoms with Gasteiger partial charge in [0.1, 0.15) is 11.6 Å². The monoisotopic (exact) mass is 281 g/mol. The van der Waals surface area contributed by atoms with Gasteiger partial charge in [-0.15, -0.1) is 0 Å². The topological polar surface area (TPSA) is 57.8 Å². The molecule has 1 aliphatic carbocycles. The number of aromatic amines is 1. The van der Waals surface area contributed by atoms with Gasteiger partial charge in [-0.1, -0.05) is 26.2 Å². The molecule has 5 heteroatoms. The molecule has 0 unspecified atom stereocenters. The molecule has 0 bridgehead atoms. The number of rotatable bonds is 5. The van der Waals surface area contributed by atoms with Crippen molar-refractivity contribution in [2.45, 2.75) is 50.2 Å². The Morgan fingerprint density at radius 1 is 1.42 bits per heavy atom. The maximum Gasteiger partial charge on any atom is 0.252 e. The summed E-state index contributed by atoms with van der Waals surface area (Å²) in [5.41, 5.74) is -0.0730. The smallest absolute Gasteiger partial charge is 0.252 e. The fourth-order valence-electron chi connectivity index (χ4n) is 2.67. The summed E-state index contributed by atoms with van der Waals surface area (Å²) in [4.78, 5) is 18.7. The van der Waals surface area contributed by atoms with E-state index in [9.17, 15) is 4.79 Å². The molecule has 106 valence electrons. The SMILES string of the molecule is CCc1nc(NCC2(SC)CCCCC2)cc(=O)[nH]1. The van der Waals surface area contributed by atoms with Crippen LogP contribution in [0.5, 0.6) is 0 Å². The van der Waals surface area contributed by atoms with Crippen molar-refractivity contribution in [3.05, 3.63) is 22.2 Å². The van der Waals surface area contributed by atoms with E-state index in [-0.39, 0.29) is 5.56 Å². The zero-order valence-corrected chi connectivity index (χ0v) is 12.6. The lowest BCUT2D eigenvalue weighted by Gasteiger charge is -2.36. The molecule has 0 aliphatic heterocycles. The van der Waals surface area contributed by atoms with Gasteiger partial charge < -0.3 is 10.3 Å². The number of H-pyrrole nitrogens is 1. The molecule has 0 amide bonds. The van der Waals surface area contributed by atoms with Crippen LogP contribution in [0.3, 0.4) is 0 Å². The number of hydrogen-bond acceptors (Lipinski definition) is 4. The third-order valence-electron chi connectivity index (χ3n) is 3.92. The van der Waals surface area contributed by atoms with Crippen LogP contribution >= 0.6 is 11.8 Å². The summed E-state index contributed by atoms with van der Waals surface area (Å²) >= 11 is 1.95. The van der Waals surface area contributed by atoms with E-state index in [1.54, 1.807) is 6.07 Å². The van der Waals surface area contributed by atoms with E-state index in [4.69, 9.17) is 0 Å². The highest BCUT2D eigenvalue weighted by Crippen LogP contribution is 2.38. The summed E-state index contributed by atoms with van der Waals surface area (Å²) in [5.74, 6) is 1.46. The standard InChI is InChI=1S/C14H23N3OS/c1-3-11-16-12(9-13(18)17-11)15-10-14(19-2)7-5-4-6-8-14/h9H,3-8,10H2,1-2H3,(H2,15,16,17,18). The van der Waals surface area contributed by atoms with Crippen molar-refractivity contribution in [3.63, 3.8) is 0 Å². The zero-order chi connectivity index (χ0) is 13.7. The molecular formula is C14H23N3OS. The van der Waals surface area contributed by atoms with Gasteiger partial charge in [0.05, 0.1) is 0 Å². The van der Waals surface area contributed by atoms with E-state index < -0.39 is 0 Å².